The van der Waals surface area contributed by atoms with Gasteiger partial charge in [0.1, 0.15) is 5.82 Å². The van der Waals surface area contributed by atoms with Crippen molar-refractivity contribution in [2.24, 2.45) is 5.41 Å². The highest BCUT2D eigenvalue weighted by Crippen LogP contribution is 2.33. The molecule has 0 bridgehead atoms. The lowest BCUT2D eigenvalue weighted by Gasteiger charge is -2.36. The Bertz CT molecular complexity index is 369. The van der Waals surface area contributed by atoms with E-state index in [4.69, 9.17) is 0 Å². The summed E-state index contributed by atoms with van der Waals surface area (Å²) >= 11 is 1.49. The van der Waals surface area contributed by atoms with Gasteiger partial charge < -0.3 is 10.6 Å². The first-order valence-corrected chi connectivity index (χ1v) is 7.71. The summed E-state index contributed by atoms with van der Waals surface area (Å²) in [5.74, 6) is 1.37. The summed E-state index contributed by atoms with van der Waals surface area (Å²) in [6.45, 7) is 9.87. The number of hydrogen-bond donors (Lipinski definition) is 2. The Hall–Kier alpha value is -0.680. The van der Waals surface area contributed by atoms with Crippen LogP contribution in [0.3, 0.4) is 0 Å². The van der Waals surface area contributed by atoms with E-state index >= 15 is 0 Å². The van der Waals surface area contributed by atoms with Crippen molar-refractivity contribution in [3.8, 4) is 0 Å². The third-order valence-corrected chi connectivity index (χ3v) is 4.67. The van der Waals surface area contributed by atoms with E-state index in [1.54, 1.807) is 0 Å². The minimum absolute atomic E-state index is 0.413. The van der Waals surface area contributed by atoms with Gasteiger partial charge in [0.15, 0.2) is 0 Å². The SMILES string of the molecule is CCC1(CNc2nc(C(C)C)ns2)CCNCC1. The number of nitrogens with zero attached hydrogens (tertiary/aromatic N) is 2. The Morgan fingerprint density at radius 2 is 2.11 bits per heavy atom. The minimum atomic E-state index is 0.413. The fourth-order valence-electron chi connectivity index (χ4n) is 2.42. The van der Waals surface area contributed by atoms with Crippen molar-refractivity contribution < 1.29 is 0 Å². The molecule has 1 aromatic heterocycles. The topological polar surface area (TPSA) is 49.8 Å². The molecule has 4 nitrogen and oxygen atoms in total. The second kappa shape index (κ2) is 5.97. The van der Waals surface area contributed by atoms with Gasteiger partial charge in [-0.25, -0.2) is 4.98 Å². The second-order valence-electron chi connectivity index (χ2n) is 5.57. The summed E-state index contributed by atoms with van der Waals surface area (Å²) < 4.78 is 4.38. The molecule has 1 aliphatic heterocycles. The molecule has 0 saturated carbocycles. The van der Waals surface area contributed by atoms with Gasteiger partial charge >= 0.3 is 0 Å². The van der Waals surface area contributed by atoms with Crippen molar-refractivity contribution in [2.45, 2.75) is 46.0 Å². The lowest BCUT2D eigenvalue weighted by Crippen LogP contribution is -2.40. The van der Waals surface area contributed by atoms with Crippen molar-refractivity contribution in [3.63, 3.8) is 0 Å². The van der Waals surface area contributed by atoms with E-state index in [9.17, 15) is 0 Å². The summed E-state index contributed by atoms with van der Waals surface area (Å²) in [6, 6.07) is 0. The Balaban J connectivity index is 1.92. The Labute approximate surface area is 114 Å². The van der Waals surface area contributed by atoms with Crippen molar-refractivity contribution >= 4 is 16.7 Å². The molecule has 5 heteroatoms. The molecule has 1 saturated heterocycles. The van der Waals surface area contributed by atoms with Gasteiger partial charge in [0.05, 0.1) is 0 Å². The van der Waals surface area contributed by atoms with Crippen LogP contribution in [0.25, 0.3) is 0 Å². The van der Waals surface area contributed by atoms with Gasteiger partial charge in [-0.05, 0) is 37.8 Å². The lowest BCUT2D eigenvalue weighted by atomic mass is 9.77. The van der Waals surface area contributed by atoms with Gasteiger partial charge in [0.25, 0.3) is 0 Å². The van der Waals surface area contributed by atoms with E-state index in [-0.39, 0.29) is 0 Å². The van der Waals surface area contributed by atoms with Gasteiger partial charge in [0, 0.05) is 24.0 Å². The molecule has 0 radical (unpaired) electrons. The van der Waals surface area contributed by atoms with E-state index in [2.05, 4.69) is 40.8 Å². The molecule has 1 aliphatic rings. The lowest BCUT2D eigenvalue weighted by molar-refractivity contribution is 0.210. The van der Waals surface area contributed by atoms with Crippen molar-refractivity contribution in [1.82, 2.24) is 14.7 Å². The van der Waals surface area contributed by atoms with E-state index in [0.717, 1.165) is 30.6 Å². The van der Waals surface area contributed by atoms with E-state index < -0.39 is 0 Å². The molecule has 1 fully saturated rings. The zero-order valence-corrected chi connectivity index (χ0v) is 12.4. The molecule has 18 heavy (non-hydrogen) atoms. The quantitative estimate of drug-likeness (QED) is 0.862. The maximum absolute atomic E-state index is 4.54. The number of aromatic nitrogens is 2. The first kappa shape index (κ1) is 13.7. The smallest absolute Gasteiger partial charge is 0.202 e. The third-order valence-electron chi connectivity index (χ3n) is 3.99. The van der Waals surface area contributed by atoms with Crippen LogP contribution in [0.5, 0.6) is 0 Å². The first-order chi connectivity index (χ1) is 8.65. The van der Waals surface area contributed by atoms with E-state index in [1.807, 2.05) is 0 Å². The first-order valence-electron chi connectivity index (χ1n) is 6.93. The van der Waals surface area contributed by atoms with E-state index in [0.29, 0.717) is 11.3 Å². The summed E-state index contributed by atoms with van der Waals surface area (Å²) in [5.41, 5.74) is 0.439. The summed E-state index contributed by atoms with van der Waals surface area (Å²) in [4.78, 5) is 4.54. The maximum Gasteiger partial charge on any atom is 0.202 e. The van der Waals surface area contributed by atoms with Gasteiger partial charge in [-0.2, -0.15) is 4.37 Å². The largest absolute Gasteiger partial charge is 0.360 e. The van der Waals surface area contributed by atoms with Crippen molar-refractivity contribution in [1.29, 1.82) is 0 Å². The normalized spacial score (nSPS) is 19.1. The summed E-state index contributed by atoms with van der Waals surface area (Å²) in [7, 11) is 0. The third kappa shape index (κ3) is 3.20. The van der Waals surface area contributed by atoms with Crippen LogP contribution in [-0.2, 0) is 0 Å². The average Bonchev–Trinajstić information content (AvgIpc) is 2.87. The highest BCUT2D eigenvalue weighted by molar-refractivity contribution is 7.09. The highest BCUT2D eigenvalue weighted by atomic mass is 32.1. The zero-order chi connectivity index (χ0) is 13.0. The van der Waals surface area contributed by atoms with Crippen LogP contribution < -0.4 is 10.6 Å². The molecule has 0 aliphatic carbocycles. The molecule has 2 heterocycles. The van der Waals surface area contributed by atoms with Crippen LogP contribution in [-0.4, -0.2) is 29.0 Å². The number of rotatable bonds is 5. The molecular weight excluding hydrogens is 244 g/mol. The molecule has 0 aromatic carbocycles. The van der Waals surface area contributed by atoms with Crippen molar-refractivity contribution in [2.75, 3.05) is 25.0 Å². The number of anilines is 1. The number of hydrogen-bond acceptors (Lipinski definition) is 5. The molecular formula is C13H24N4S. The van der Waals surface area contributed by atoms with Gasteiger partial charge in [-0.3, -0.25) is 0 Å². The Morgan fingerprint density at radius 3 is 2.67 bits per heavy atom. The van der Waals surface area contributed by atoms with Crippen LogP contribution in [0.1, 0.15) is 51.8 Å². The van der Waals surface area contributed by atoms with Crippen LogP contribution in [0, 0.1) is 5.41 Å². The number of piperidine rings is 1. The van der Waals surface area contributed by atoms with Gasteiger partial charge in [0.2, 0.25) is 5.13 Å². The summed E-state index contributed by atoms with van der Waals surface area (Å²) in [5, 5.41) is 7.91. The predicted molar refractivity (Wildman–Crippen MR) is 77.3 cm³/mol. The fraction of sp³-hybridized carbons (Fsp3) is 0.846. The molecule has 0 spiro atoms. The highest BCUT2D eigenvalue weighted by Gasteiger charge is 2.30. The van der Waals surface area contributed by atoms with Crippen LogP contribution in [0.4, 0.5) is 5.13 Å². The molecule has 1 aromatic rings. The summed E-state index contributed by atoms with van der Waals surface area (Å²) in [6.07, 6.45) is 3.75. The maximum atomic E-state index is 4.54. The molecule has 0 unspecified atom stereocenters. The second-order valence-corrected chi connectivity index (χ2v) is 6.32. The number of nitrogens with one attached hydrogen (secondary N) is 2. The molecule has 0 atom stereocenters. The van der Waals surface area contributed by atoms with Crippen LogP contribution in [0.15, 0.2) is 0 Å². The van der Waals surface area contributed by atoms with Crippen LogP contribution in [0.2, 0.25) is 0 Å². The minimum Gasteiger partial charge on any atom is -0.360 e. The fourth-order valence-corrected chi connectivity index (χ4v) is 3.12. The Kier molecular flexibility index (Phi) is 4.56. The average molecular weight is 268 g/mol. The van der Waals surface area contributed by atoms with Gasteiger partial charge in [-0.15, -0.1) is 0 Å². The van der Waals surface area contributed by atoms with Crippen molar-refractivity contribution in [3.05, 3.63) is 5.82 Å². The molecule has 2 rings (SSSR count). The predicted octanol–water partition coefficient (Wildman–Crippen LogP) is 2.85. The van der Waals surface area contributed by atoms with Gasteiger partial charge in [-0.1, -0.05) is 20.8 Å². The monoisotopic (exact) mass is 268 g/mol. The zero-order valence-electron chi connectivity index (χ0n) is 11.6. The Morgan fingerprint density at radius 1 is 1.39 bits per heavy atom. The molecule has 2 N–H and O–H groups in total. The van der Waals surface area contributed by atoms with E-state index in [1.165, 1.54) is 30.8 Å². The molecule has 102 valence electrons. The standard InChI is InChI=1S/C13H24N4S/c1-4-13(5-7-14-8-6-13)9-15-12-16-11(10(2)3)17-18-12/h10,14H,4-9H2,1-3H3,(H,15,16,17). The molecule has 0 amide bonds. The van der Waals surface area contributed by atoms with Crippen LogP contribution >= 0.6 is 11.5 Å².